The Morgan fingerprint density at radius 2 is 1.64 bits per heavy atom. The van der Waals surface area contributed by atoms with Gasteiger partial charge in [-0.25, -0.2) is 5.01 Å². The number of thiocarbonyl (C=S) groups is 1. The summed E-state index contributed by atoms with van der Waals surface area (Å²) in [6.45, 7) is 3.34. The van der Waals surface area contributed by atoms with Crippen LogP contribution in [-0.2, 0) is 4.79 Å². The maximum absolute atomic E-state index is 13.6. The standard InChI is InChI=1S/C22H19N3O2S/c1-13-17(14(2)26)20-18(21(27)16-11-7-4-8-12-16)19(15-9-5-3-6-10-15)23-22(28)25(20)24-13/h3-12,17,20H,1-2H3,(H,23,28). The van der Waals surface area contributed by atoms with E-state index in [-0.39, 0.29) is 11.6 Å². The molecule has 0 bridgehead atoms. The van der Waals surface area contributed by atoms with Crippen LogP contribution < -0.4 is 5.32 Å². The molecule has 0 fully saturated rings. The lowest BCUT2D eigenvalue weighted by atomic mass is 9.81. The third-order valence-corrected chi connectivity index (χ3v) is 5.37. The largest absolute Gasteiger partial charge is 0.330 e. The molecule has 0 saturated carbocycles. The molecule has 2 aliphatic heterocycles. The molecule has 6 heteroatoms. The number of hydrogen-bond acceptors (Lipinski definition) is 4. The van der Waals surface area contributed by atoms with E-state index >= 15 is 0 Å². The molecule has 0 saturated heterocycles. The third-order valence-electron chi connectivity index (χ3n) is 5.08. The summed E-state index contributed by atoms with van der Waals surface area (Å²) in [5.41, 5.74) is 3.21. The van der Waals surface area contributed by atoms with E-state index in [0.717, 1.165) is 5.56 Å². The summed E-state index contributed by atoms with van der Waals surface area (Å²) in [5.74, 6) is -0.689. The van der Waals surface area contributed by atoms with Crippen molar-refractivity contribution in [2.75, 3.05) is 0 Å². The lowest BCUT2D eigenvalue weighted by molar-refractivity contribution is -0.119. The minimum absolute atomic E-state index is 0.0378. The van der Waals surface area contributed by atoms with E-state index in [1.807, 2.05) is 48.5 Å². The second-order valence-electron chi connectivity index (χ2n) is 6.90. The van der Waals surface area contributed by atoms with Gasteiger partial charge in [-0.1, -0.05) is 60.7 Å². The van der Waals surface area contributed by atoms with Crippen LogP contribution in [0.15, 0.2) is 71.3 Å². The molecule has 2 heterocycles. The first-order valence-electron chi connectivity index (χ1n) is 9.04. The van der Waals surface area contributed by atoms with Crippen LogP contribution >= 0.6 is 12.2 Å². The van der Waals surface area contributed by atoms with E-state index < -0.39 is 12.0 Å². The van der Waals surface area contributed by atoms with Crippen LogP contribution in [0.2, 0.25) is 0 Å². The zero-order chi connectivity index (χ0) is 19.8. The highest BCUT2D eigenvalue weighted by Crippen LogP contribution is 2.37. The van der Waals surface area contributed by atoms with Crippen molar-refractivity contribution < 1.29 is 9.59 Å². The normalized spacial score (nSPS) is 21.1. The quantitative estimate of drug-likeness (QED) is 0.641. The number of hydrogen-bond donors (Lipinski definition) is 1. The molecule has 5 nitrogen and oxygen atoms in total. The van der Waals surface area contributed by atoms with Crippen molar-refractivity contribution in [3.63, 3.8) is 0 Å². The van der Waals surface area contributed by atoms with Crippen LogP contribution in [0, 0.1) is 5.92 Å². The first-order valence-corrected chi connectivity index (χ1v) is 9.45. The first kappa shape index (κ1) is 18.3. The summed E-state index contributed by atoms with van der Waals surface area (Å²) in [6.07, 6.45) is 0. The van der Waals surface area contributed by atoms with Crippen LogP contribution in [-0.4, -0.2) is 33.4 Å². The lowest BCUT2D eigenvalue weighted by Crippen LogP contribution is -2.51. The molecule has 2 aromatic carbocycles. The number of nitrogens with one attached hydrogen (secondary N) is 1. The summed E-state index contributed by atoms with van der Waals surface area (Å²) in [5, 5.41) is 9.65. The van der Waals surface area contributed by atoms with Crippen molar-refractivity contribution in [3.8, 4) is 0 Å². The van der Waals surface area contributed by atoms with Crippen molar-refractivity contribution in [2.45, 2.75) is 19.9 Å². The van der Waals surface area contributed by atoms with Gasteiger partial charge in [-0.15, -0.1) is 0 Å². The average molecular weight is 389 g/mol. The number of nitrogens with zero attached hydrogens (tertiary/aromatic N) is 2. The predicted octanol–water partition coefficient (Wildman–Crippen LogP) is 3.43. The Labute approximate surface area is 168 Å². The van der Waals surface area contributed by atoms with Gasteiger partial charge in [0.05, 0.1) is 17.2 Å². The number of fused-ring (bicyclic) bond motifs is 1. The number of carbonyl (C=O) groups is 2. The number of ketones is 2. The van der Waals surface area contributed by atoms with Crippen molar-refractivity contribution in [2.24, 2.45) is 11.0 Å². The van der Waals surface area contributed by atoms with Gasteiger partial charge in [0, 0.05) is 11.3 Å². The van der Waals surface area contributed by atoms with Crippen LogP contribution in [0.1, 0.15) is 29.8 Å². The smallest absolute Gasteiger partial charge is 0.194 e. The van der Waals surface area contributed by atoms with Gasteiger partial charge in [0.25, 0.3) is 0 Å². The Hall–Kier alpha value is -3.12. The van der Waals surface area contributed by atoms with Crippen molar-refractivity contribution in [1.29, 1.82) is 0 Å². The van der Waals surface area contributed by atoms with Gasteiger partial charge in [0.1, 0.15) is 11.8 Å². The van der Waals surface area contributed by atoms with Crippen molar-refractivity contribution in [3.05, 3.63) is 77.4 Å². The summed E-state index contributed by atoms with van der Waals surface area (Å²) in [6, 6.07) is 18.1. The van der Waals surface area contributed by atoms with Gasteiger partial charge < -0.3 is 5.32 Å². The molecule has 2 atom stereocenters. The van der Waals surface area contributed by atoms with Crippen LogP contribution in [0.5, 0.6) is 0 Å². The summed E-state index contributed by atoms with van der Waals surface area (Å²) < 4.78 is 0. The highest BCUT2D eigenvalue weighted by Gasteiger charge is 2.48. The number of hydrazone groups is 1. The van der Waals surface area contributed by atoms with Crippen LogP contribution in [0.4, 0.5) is 0 Å². The SMILES string of the molecule is CC(=O)C1C(C)=NN2C(=S)NC(c3ccccc3)=C(C(=O)c3ccccc3)C12. The van der Waals surface area contributed by atoms with Gasteiger partial charge in [-0.2, -0.15) is 5.10 Å². The Morgan fingerprint density at radius 1 is 1.04 bits per heavy atom. The minimum Gasteiger partial charge on any atom is -0.330 e. The molecular weight excluding hydrogens is 370 g/mol. The molecule has 0 amide bonds. The zero-order valence-corrected chi connectivity index (χ0v) is 16.4. The molecule has 2 unspecified atom stereocenters. The summed E-state index contributed by atoms with van der Waals surface area (Å²) in [4.78, 5) is 26.0. The molecule has 0 aromatic heterocycles. The first-order chi connectivity index (χ1) is 13.5. The monoisotopic (exact) mass is 389 g/mol. The molecule has 2 aromatic rings. The molecule has 28 heavy (non-hydrogen) atoms. The second-order valence-corrected chi connectivity index (χ2v) is 7.29. The molecule has 0 spiro atoms. The number of Topliss-reactive ketones (excluding diaryl/α,β-unsaturated/α-hetero) is 2. The topological polar surface area (TPSA) is 61.8 Å². The van der Waals surface area contributed by atoms with E-state index in [1.165, 1.54) is 6.92 Å². The van der Waals surface area contributed by atoms with Crippen LogP contribution in [0.25, 0.3) is 5.70 Å². The molecule has 0 radical (unpaired) electrons. The minimum atomic E-state index is -0.547. The lowest BCUT2D eigenvalue weighted by Gasteiger charge is -2.36. The molecule has 140 valence electrons. The molecule has 0 aliphatic carbocycles. The Kier molecular flexibility index (Phi) is 4.65. The number of rotatable bonds is 4. The Bertz CT molecular complexity index is 1030. The van der Waals surface area contributed by atoms with Gasteiger partial charge >= 0.3 is 0 Å². The zero-order valence-electron chi connectivity index (χ0n) is 15.5. The fraction of sp³-hybridized carbons (Fsp3) is 0.182. The molecular formula is C22H19N3O2S. The van der Waals surface area contributed by atoms with Gasteiger partial charge in [-0.3, -0.25) is 9.59 Å². The summed E-state index contributed by atoms with van der Waals surface area (Å²) >= 11 is 5.52. The fourth-order valence-corrected chi connectivity index (χ4v) is 4.10. The van der Waals surface area contributed by atoms with Gasteiger partial charge in [0.15, 0.2) is 10.9 Å². The Morgan fingerprint density at radius 3 is 2.25 bits per heavy atom. The van der Waals surface area contributed by atoms with Gasteiger partial charge in [0.2, 0.25) is 0 Å². The number of benzene rings is 2. The molecule has 2 aliphatic rings. The maximum Gasteiger partial charge on any atom is 0.194 e. The number of carbonyl (C=O) groups excluding carboxylic acids is 2. The maximum atomic E-state index is 13.6. The highest BCUT2D eigenvalue weighted by molar-refractivity contribution is 7.80. The van der Waals surface area contributed by atoms with Crippen molar-refractivity contribution >= 4 is 40.3 Å². The average Bonchev–Trinajstić information content (AvgIpc) is 3.06. The predicted molar refractivity (Wildman–Crippen MR) is 113 cm³/mol. The third kappa shape index (κ3) is 2.96. The second kappa shape index (κ2) is 7.13. The molecule has 4 rings (SSSR count). The van der Waals surface area contributed by atoms with E-state index in [1.54, 1.807) is 24.1 Å². The van der Waals surface area contributed by atoms with E-state index in [2.05, 4.69) is 10.4 Å². The van der Waals surface area contributed by atoms with E-state index in [9.17, 15) is 9.59 Å². The van der Waals surface area contributed by atoms with Crippen LogP contribution in [0.3, 0.4) is 0 Å². The fourth-order valence-electron chi connectivity index (χ4n) is 3.85. The van der Waals surface area contributed by atoms with Gasteiger partial charge in [-0.05, 0) is 31.6 Å². The molecule has 1 N–H and O–H groups in total. The Balaban J connectivity index is 1.95. The van der Waals surface area contributed by atoms with E-state index in [4.69, 9.17) is 12.2 Å². The highest BCUT2D eigenvalue weighted by atomic mass is 32.1. The summed E-state index contributed by atoms with van der Waals surface area (Å²) in [7, 11) is 0. The van der Waals surface area contributed by atoms with E-state index in [0.29, 0.717) is 27.7 Å². The van der Waals surface area contributed by atoms with Crippen molar-refractivity contribution in [1.82, 2.24) is 10.3 Å².